The Labute approximate surface area is 111 Å². The van der Waals surface area contributed by atoms with Crippen LogP contribution in [0.3, 0.4) is 0 Å². The third kappa shape index (κ3) is 2.71. The number of hydrogen-bond donors (Lipinski definition) is 0. The molecule has 1 aliphatic rings. The molecular weight excluding hydrogens is 252 g/mol. The third-order valence-electron chi connectivity index (χ3n) is 3.05. The highest BCUT2D eigenvalue weighted by Crippen LogP contribution is 2.29. The zero-order valence-electron chi connectivity index (χ0n) is 10.7. The van der Waals surface area contributed by atoms with Gasteiger partial charge in [-0.2, -0.15) is 0 Å². The van der Waals surface area contributed by atoms with Gasteiger partial charge >= 0.3 is 0 Å². The van der Waals surface area contributed by atoms with Crippen LogP contribution in [-0.4, -0.2) is 44.2 Å². The van der Waals surface area contributed by atoms with E-state index in [0.29, 0.717) is 24.1 Å². The summed E-state index contributed by atoms with van der Waals surface area (Å²) in [6, 6.07) is 0.347. The fraction of sp³-hybridized carbons (Fsp3) is 0.667. The summed E-state index contributed by atoms with van der Waals surface area (Å²) in [7, 11) is 1.61. The first-order valence-corrected chi connectivity index (χ1v) is 6.90. The molecular formula is C12H18N2O3S. The SMILES string of the molecule is CCC1COCCN1c1nc(COC)c(C=O)s1. The summed E-state index contributed by atoms with van der Waals surface area (Å²) in [6.45, 7) is 4.79. The van der Waals surface area contributed by atoms with Crippen LogP contribution >= 0.6 is 11.3 Å². The average molecular weight is 270 g/mol. The number of methoxy groups -OCH3 is 1. The zero-order valence-corrected chi connectivity index (χ0v) is 11.5. The maximum Gasteiger partial charge on any atom is 0.186 e. The second-order valence-electron chi connectivity index (χ2n) is 4.19. The number of aromatic nitrogens is 1. The number of nitrogens with zero attached hydrogens (tertiary/aromatic N) is 2. The fourth-order valence-corrected chi connectivity index (χ4v) is 3.03. The van der Waals surface area contributed by atoms with Crippen molar-refractivity contribution in [2.45, 2.75) is 26.0 Å². The van der Waals surface area contributed by atoms with E-state index in [1.165, 1.54) is 11.3 Å². The average Bonchev–Trinajstić information content (AvgIpc) is 2.82. The van der Waals surface area contributed by atoms with Gasteiger partial charge in [0.2, 0.25) is 0 Å². The van der Waals surface area contributed by atoms with Crippen molar-refractivity contribution in [2.24, 2.45) is 0 Å². The molecule has 0 N–H and O–H groups in total. The van der Waals surface area contributed by atoms with Gasteiger partial charge in [-0.05, 0) is 6.42 Å². The standard InChI is InChI=1S/C12H18N2O3S/c1-3-9-7-17-5-4-14(9)12-13-10(8-16-2)11(6-15)18-12/h6,9H,3-5,7-8H2,1-2H3. The van der Waals surface area contributed by atoms with Crippen molar-refractivity contribution in [1.29, 1.82) is 0 Å². The number of morpholine rings is 1. The lowest BCUT2D eigenvalue weighted by molar-refractivity contribution is 0.0929. The molecule has 1 aromatic rings. The minimum Gasteiger partial charge on any atom is -0.378 e. The van der Waals surface area contributed by atoms with Crippen molar-refractivity contribution >= 4 is 22.8 Å². The summed E-state index contributed by atoms with van der Waals surface area (Å²) < 4.78 is 10.5. The largest absolute Gasteiger partial charge is 0.378 e. The monoisotopic (exact) mass is 270 g/mol. The summed E-state index contributed by atoms with van der Waals surface area (Å²) in [5.41, 5.74) is 0.730. The molecule has 2 heterocycles. The molecule has 1 saturated heterocycles. The molecule has 0 aromatic carbocycles. The van der Waals surface area contributed by atoms with E-state index in [-0.39, 0.29) is 0 Å². The molecule has 1 aliphatic heterocycles. The van der Waals surface area contributed by atoms with Gasteiger partial charge in [0.05, 0.1) is 36.4 Å². The Morgan fingerprint density at radius 2 is 2.50 bits per heavy atom. The van der Waals surface area contributed by atoms with Gasteiger partial charge < -0.3 is 14.4 Å². The van der Waals surface area contributed by atoms with Crippen LogP contribution in [0.4, 0.5) is 5.13 Å². The number of rotatable bonds is 5. The molecule has 6 heteroatoms. The van der Waals surface area contributed by atoms with Crippen LogP contribution in [0.25, 0.3) is 0 Å². The Balaban J connectivity index is 2.23. The molecule has 2 rings (SSSR count). The van der Waals surface area contributed by atoms with Crippen molar-refractivity contribution in [3.8, 4) is 0 Å². The lowest BCUT2D eigenvalue weighted by atomic mass is 10.2. The van der Waals surface area contributed by atoms with Crippen molar-refractivity contribution in [1.82, 2.24) is 4.98 Å². The topological polar surface area (TPSA) is 51.7 Å². The summed E-state index contributed by atoms with van der Waals surface area (Å²) in [5.74, 6) is 0. The maximum absolute atomic E-state index is 11.0. The molecule has 0 radical (unpaired) electrons. The number of carbonyl (C=O) groups is 1. The minimum absolute atomic E-state index is 0.347. The number of thiazole rings is 1. The van der Waals surface area contributed by atoms with Crippen LogP contribution in [0.1, 0.15) is 28.7 Å². The summed E-state index contributed by atoms with van der Waals surface area (Å²) in [6.07, 6.45) is 1.87. The Hall–Kier alpha value is -0.980. The predicted molar refractivity (Wildman–Crippen MR) is 70.5 cm³/mol. The first-order valence-electron chi connectivity index (χ1n) is 6.08. The highest BCUT2D eigenvalue weighted by Gasteiger charge is 2.25. The van der Waals surface area contributed by atoms with Crippen molar-refractivity contribution in [3.05, 3.63) is 10.6 Å². The van der Waals surface area contributed by atoms with E-state index in [4.69, 9.17) is 9.47 Å². The van der Waals surface area contributed by atoms with Crippen LogP contribution in [0, 0.1) is 0 Å². The van der Waals surface area contributed by atoms with Crippen molar-refractivity contribution in [3.63, 3.8) is 0 Å². The molecule has 0 aliphatic carbocycles. The maximum atomic E-state index is 11.0. The first-order chi connectivity index (χ1) is 8.80. The Kier molecular flexibility index (Phi) is 4.68. The number of ether oxygens (including phenoxy) is 2. The quantitative estimate of drug-likeness (QED) is 0.762. The van der Waals surface area contributed by atoms with E-state index in [1.54, 1.807) is 7.11 Å². The molecule has 0 spiro atoms. The minimum atomic E-state index is 0.347. The van der Waals surface area contributed by atoms with Gasteiger partial charge in [-0.1, -0.05) is 18.3 Å². The highest BCUT2D eigenvalue weighted by molar-refractivity contribution is 7.17. The van der Waals surface area contributed by atoms with E-state index in [0.717, 1.165) is 36.7 Å². The second-order valence-corrected chi connectivity index (χ2v) is 5.20. The summed E-state index contributed by atoms with van der Waals surface area (Å²) >= 11 is 1.44. The lowest BCUT2D eigenvalue weighted by Gasteiger charge is -2.34. The molecule has 18 heavy (non-hydrogen) atoms. The van der Waals surface area contributed by atoms with Gasteiger partial charge in [0.15, 0.2) is 11.4 Å². The van der Waals surface area contributed by atoms with Gasteiger partial charge in [-0.15, -0.1) is 0 Å². The number of aldehydes is 1. The Morgan fingerprint density at radius 1 is 1.67 bits per heavy atom. The lowest BCUT2D eigenvalue weighted by Crippen LogP contribution is -2.45. The van der Waals surface area contributed by atoms with E-state index in [2.05, 4.69) is 16.8 Å². The van der Waals surface area contributed by atoms with Crippen LogP contribution in [0.15, 0.2) is 0 Å². The van der Waals surface area contributed by atoms with Crippen molar-refractivity contribution < 1.29 is 14.3 Å². The molecule has 1 fully saturated rings. The van der Waals surface area contributed by atoms with Crippen LogP contribution < -0.4 is 4.90 Å². The van der Waals surface area contributed by atoms with E-state index >= 15 is 0 Å². The van der Waals surface area contributed by atoms with Crippen molar-refractivity contribution in [2.75, 3.05) is 31.8 Å². The van der Waals surface area contributed by atoms with Crippen LogP contribution in [-0.2, 0) is 16.1 Å². The molecule has 1 unspecified atom stereocenters. The van der Waals surface area contributed by atoms with Gasteiger partial charge in [-0.3, -0.25) is 4.79 Å². The van der Waals surface area contributed by atoms with Crippen LogP contribution in [0.5, 0.6) is 0 Å². The zero-order chi connectivity index (χ0) is 13.0. The third-order valence-corrected chi connectivity index (χ3v) is 4.11. The highest BCUT2D eigenvalue weighted by atomic mass is 32.1. The fourth-order valence-electron chi connectivity index (χ4n) is 2.05. The number of hydrogen-bond acceptors (Lipinski definition) is 6. The molecule has 5 nitrogen and oxygen atoms in total. The van der Waals surface area contributed by atoms with E-state index in [9.17, 15) is 4.79 Å². The molecule has 0 amide bonds. The summed E-state index contributed by atoms with van der Waals surface area (Å²) in [5, 5.41) is 0.902. The van der Waals surface area contributed by atoms with Gasteiger partial charge in [0.25, 0.3) is 0 Å². The predicted octanol–water partition coefficient (Wildman–Crippen LogP) is 1.72. The molecule has 1 aromatic heterocycles. The van der Waals surface area contributed by atoms with Crippen LogP contribution in [0.2, 0.25) is 0 Å². The second kappa shape index (κ2) is 6.26. The number of carbonyl (C=O) groups excluding carboxylic acids is 1. The molecule has 100 valence electrons. The first kappa shape index (κ1) is 13.5. The van der Waals surface area contributed by atoms with E-state index < -0.39 is 0 Å². The number of anilines is 1. The summed E-state index contributed by atoms with van der Waals surface area (Å²) in [4.78, 5) is 18.4. The smallest absolute Gasteiger partial charge is 0.186 e. The van der Waals surface area contributed by atoms with E-state index in [1.807, 2.05) is 0 Å². The van der Waals surface area contributed by atoms with Gasteiger partial charge in [-0.25, -0.2) is 4.98 Å². The normalized spacial score (nSPS) is 20.1. The Bertz CT molecular complexity index is 408. The Morgan fingerprint density at radius 3 is 3.17 bits per heavy atom. The molecule has 1 atom stereocenters. The van der Waals surface area contributed by atoms with Gasteiger partial charge in [0, 0.05) is 13.7 Å². The van der Waals surface area contributed by atoms with Gasteiger partial charge in [0.1, 0.15) is 0 Å². The molecule has 0 bridgehead atoms. The molecule has 0 saturated carbocycles.